The number of hydrogen-bond acceptors (Lipinski definition) is 4. The smallest absolute Gasteiger partial charge is 0.258 e. The maximum Gasteiger partial charge on any atom is 0.258 e. The summed E-state index contributed by atoms with van der Waals surface area (Å²) in [6.07, 6.45) is 0. The van der Waals surface area contributed by atoms with Crippen LogP contribution in [0.3, 0.4) is 0 Å². The molecule has 1 aromatic heterocycles. The van der Waals surface area contributed by atoms with Crippen molar-refractivity contribution in [3.8, 4) is 17.2 Å². The molecular weight excluding hydrogens is 383 g/mol. The highest BCUT2D eigenvalue weighted by molar-refractivity contribution is 6.31. The van der Waals surface area contributed by atoms with Crippen molar-refractivity contribution in [1.29, 1.82) is 0 Å². The van der Waals surface area contributed by atoms with E-state index in [2.05, 4.69) is 10.3 Å². The first-order chi connectivity index (χ1) is 13.4. The summed E-state index contributed by atoms with van der Waals surface area (Å²) in [5.74, 6) is -1.06. The number of phenolic OH excluding ortho intramolecular Hbond substituents is 1. The van der Waals surface area contributed by atoms with Crippen molar-refractivity contribution in [2.24, 2.45) is 0 Å². The van der Waals surface area contributed by atoms with Gasteiger partial charge in [0.15, 0.2) is 5.58 Å². The summed E-state index contributed by atoms with van der Waals surface area (Å²) in [4.78, 5) is 16.7. The van der Waals surface area contributed by atoms with Crippen LogP contribution in [0.15, 0.2) is 59.0 Å². The van der Waals surface area contributed by atoms with Crippen molar-refractivity contribution in [2.45, 2.75) is 6.92 Å². The van der Waals surface area contributed by atoms with E-state index < -0.39 is 11.7 Å². The average Bonchev–Trinajstić information content (AvgIpc) is 3.07. The second kappa shape index (κ2) is 6.98. The van der Waals surface area contributed by atoms with Crippen LogP contribution in [0.5, 0.6) is 5.75 Å². The zero-order valence-electron chi connectivity index (χ0n) is 14.7. The van der Waals surface area contributed by atoms with E-state index in [4.69, 9.17) is 16.0 Å². The number of aromatic nitrogens is 1. The first-order valence-corrected chi connectivity index (χ1v) is 8.76. The molecule has 3 aromatic carbocycles. The van der Waals surface area contributed by atoms with E-state index in [0.717, 1.165) is 0 Å². The lowest BCUT2D eigenvalue weighted by Crippen LogP contribution is -2.13. The normalized spacial score (nSPS) is 11.0. The molecule has 2 N–H and O–H groups in total. The van der Waals surface area contributed by atoms with Gasteiger partial charge in [-0.2, -0.15) is 0 Å². The number of halogens is 2. The molecule has 0 aliphatic heterocycles. The highest BCUT2D eigenvalue weighted by Crippen LogP contribution is 2.36. The van der Waals surface area contributed by atoms with Crippen molar-refractivity contribution in [2.75, 3.05) is 5.32 Å². The van der Waals surface area contributed by atoms with Crippen LogP contribution in [-0.2, 0) is 0 Å². The Hall–Kier alpha value is -3.38. The molecule has 0 unspecified atom stereocenters. The van der Waals surface area contributed by atoms with Gasteiger partial charge in [-0.1, -0.05) is 23.7 Å². The largest absolute Gasteiger partial charge is 0.507 e. The van der Waals surface area contributed by atoms with E-state index in [1.54, 1.807) is 37.3 Å². The molecule has 1 amide bonds. The predicted molar refractivity (Wildman–Crippen MR) is 105 cm³/mol. The summed E-state index contributed by atoms with van der Waals surface area (Å²) in [5.41, 5.74) is 2.15. The maximum absolute atomic E-state index is 13.8. The number of hydrogen-bond donors (Lipinski definition) is 2. The van der Waals surface area contributed by atoms with Crippen LogP contribution in [0.25, 0.3) is 22.6 Å². The van der Waals surface area contributed by atoms with Gasteiger partial charge in [-0.25, -0.2) is 9.37 Å². The van der Waals surface area contributed by atoms with Crippen molar-refractivity contribution >= 4 is 34.3 Å². The van der Waals surface area contributed by atoms with E-state index in [-0.39, 0.29) is 17.2 Å². The van der Waals surface area contributed by atoms with Crippen LogP contribution in [-0.4, -0.2) is 16.0 Å². The Kier molecular flexibility index (Phi) is 4.49. The number of benzene rings is 3. The first kappa shape index (κ1) is 18.0. The Morgan fingerprint density at radius 1 is 1.18 bits per heavy atom. The lowest BCUT2D eigenvalue weighted by molar-refractivity contribution is 0.102. The Morgan fingerprint density at radius 2 is 1.96 bits per heavy atom. The fourth-order valence-electron chi connectivity index (χ4n) is 2.87. The summed E-state index contributed by atoms with van der Waals surface area (Å²) < 4.78 is 19.6. The van der Waals surface area contributed by atoms with Gasteiger partial charge in [0.2, 0.25) is 5.89 Å². The van der Waals surface area contributed by atoms with E-state index in [9.17, 15) is 14.3 Å². The number of oxazole rings is 1. The molecule has 1 heterocycles. The monoisotopic (exact) mass is 396 g/mol. The number of fused-ring (bicyclic) bond motifs is 1. The van der Waals surface area contributed by atoms with E-state index in [1.807, 2.05) is 0 Å². The predicted octanol–water partition coefficient (Wildman–Crippen LogP) is 5.55. The summed E-state index contributed by atoms with van der Waals surface area (Å²) in [7, 11) is 0. The third-order valence-corrected chi connectivity index (χ3v) is 4.49. The average molecular weight is 397 g/mol. The molecule has 7 heteroatoms. The summed E-state index contributed by atoms with van der Waals surface area (Å²) in [6, 6.07) is 13.8. The van der Waals surface area contributed by atoms with Crippen LogP contribution in [0.4, 0.5) is 10.1 Å². The highest BCUT2D eigenvalue weighted by Gasteiger charge is 2.18. The zero-order valence-corrected chi connectivity index (χ0v) is 15.4. The minimum atomic E-state index is -0.619. The standard InChI is InChI=1S/C21H14ClFN2O3/c1-11-8-13(24-20(27)14-4-2-3-5-16(14)23)10-15(19(11)26)21-25-17-9-12(22)6-7-18(17)28-21/h2-10,26H,1H3,(H,24,27). The Bertz CT molecular complexity index is 1220. The second-order valence-electron chi connectivity index (χ2n) is 6.25. The molecule has 0 atom stereocenters. The fraction of sp³-hybridized carbons (Fsp3) is 0.0476. The number of amides is 1. The van der Waals surface area contributed by atoms with Crippen LogP contribution >= 0.6 is 11.6 Å². The molecular formula is C21H14ClFN2O3. The molecule has 0 saturated heterocycles. The van der Waals surface area contributed by atoms with Crippen LogP contribution in [0, 0.1) is 12.7 Å². The number of rotatable bonds is 3. The van der Waals surface area contributed by atoms with Crippen molar-refractivity contribution < 1.29 is 18.7 Å². The van der Waals surface area contributed by atoms with Crippen LogP contribution < -0.4 is 5.32 Å². The molecule has 0 spiro atoms. The molecule has 140 valence electrons. The van der Waals surface area contributed by atoms with Gasteiger partial charge in [-0.15, -0.1) is 0 Å². The maximum atomic E-state index is 13.8. The molecule has 0 bridgehead atoms. The van der Waals surface area contributed by atoms with Crippen LogP contribution in [0.1, 0.15) is 15.9 Å². The number of nitrogens with zero attached hydrogens (tertiary/aromatic N) is 1. The van der Waals surface area contributed by atoms with Gasteiger partial charge in [0.1, 0.15) is 17.1 Å². The number of carbonyl (C=O) groups excluding carboxylic acids is 1. The zero-order chi connectivity index (χ0) is 19.8. The van der Waals surface area contributed by atoms with Gasteiger partial charge >= 0.3 is 0 Å². The molecule has 4 rings (SSSR count). The molecule has 0 fully saturated rings. The van der Waals surface area contributed by atoms with E-state index in [1.165, 1.54) is 24.3 Å². The fourth-order valence-corrected chi connectivity index (χ4v) is 3.04. The van der Waals surface area contributed by atoms with Gasteiger partial charge in [0.05, 0.1) is 11.1 Å². The molecule has 4 aromatic rings. The molecule has 28 heavy (non-hydrogen) atoms. The second-order valence-corrected chi connectivity index (χ2v) is 6.69. The Labute approximate surface area is 164 Å². The SMILES string of the molecule is Cc1cc(NC(=O)c2ccccc2F)cc(-c2nc3cc(Cl)ccc3o2)c1O. The lowest BCUT2D eigenvalue weighted by Gasteiger charge is -2.10. The van der Waals surface area contributed by atoms with Crippen molar-refractivity contribution in [3.05, 3.63) is 76.6 Å². The van der Waals surface area contributed by atoms with Gasteiger partial charge in [-0.05, 0) is 55.0 Å². The number of carbonyl (C=O) groups is 1. The molecule has 0 saturated carbocycles. The van der Waals surface area contributed by atoms with E-state index >= 15 is 0 Å². The van der Waals surface area contributed by atoms with Crippen LogP contribution in [0.2, 0.25) is 5.02 Å². The molecule has 5 nitrogen and oxygen atoms in total. The van der Waals surface area contributed by atoms with Crippen molar-refractivity contribution in [1.82, 2.24) is 4.98 Å². The highest BCUT2D eigenvalue weighted by atomic mass is 35.5. The van der Waals surface area contributed by atoms with Gasteiger partial charge in [0.25, 0.3) is 5.91 Å². The molecule has 0 aliphatic rings. The number of aryl methyl sites for hydroxylation is 1. The first-order valence-electron chi connectivity index (χ1n) is 8.38. The topological polar surface area (TPSA) is 75.4 Å². The quantitative estimate of drug-likeness (QED) is 0.445. The Morgan fingerprint density at radius 3 is 2.75 bits per heavy atom. The minimum Gasteiger partial charge on any atom is -0.507 e. The third-order valence-electron chi connectivity index (χ3n) is 4.26. The minimum absolute atomic E-state index is 0.0263. The third kappa shape index (κ3) is 3.30. The lowest BCUT2D eigenvalue weighted by atomic mass is 10.1. The summed E-state index contributed by atoms with van der Waals surface area (Å²) in [6.45, 7) is 1.68. The van der Waals surface area contributed by atoms with Gasteiger partial charge in [-0.3, -0.25) is 4.79 Å². The Balaban J connectivity index is 1.73. The van der Waals surface area contributed by atoms with E-state index in [0.29, 0.717) is 32.9 Å². The van der Waals surface area contributed by atoms with Gasteiger partial charge in [0, 0.05) is 10.7 Å². The molecule has 0 radical (unpaired) electrons. The van der Waals surface area contributed by atoms with Gasteiger partial charge < -0.3 is 14.8 Å². The number of anilines is 1. The van der Waals surface area contributed by atoms with Crippen molar-refractivity contribution in [3.63, 3.8) is 0 Å². The number of aromatic hydroxyl groups is 1. The number of phenols is 1. The molecule has 0 aliphatic carbocycles. The number of nitrogens with one attached hydrogen (secondary N) is 1. The summed E-state index contributed by atoms with van der Waals surface area (Å²) in [5, 5.41) is 13.6. The summed E-state index contributed by atoms with van der Waals surface area (Å²) >= 11 is 5.97.